The number of rotatable bonds is 3. The molecule has 4 aliphatic carbocycles. The van der Waals surface area contributed by atoms with Crippen LogP contribution in [0.25, 0.3) is 0 Å². The van der Waals surface area contributed by atoms with Crippen molar-refractivity contribution in [3.63, 3.8) is 0 Å². The van der Waals surface area contributed by atoms with Crippen LogP contribution in [0.2, 0.25) is 0 Å². The van der Waals surface area contributed by atoms with Gasteiger partial charge in [0.05, 0.1) is 12.2 Å². The van der Waals surface area contributed by atoms with E-state index in [2.05, 4.69) is 39.1 Å². The molecule has 0 radical (unpaired) electrons. The molecule has 5 nitrogen and oxygen atoms in total. The summed E-state index contributed by atoms with van der Waals surface area (Å²) in [5.41, 5.74) is 1.27. The topological polar surface area (TPSA) is 78.8 Å². The van der Waals surface area contributed by atoms with Gasteiger partial charge in [0.15, 0.2) is 0 Å². The minimum atomic E-state index is -0.381. The molecule has 5 heteroatoms. The average Bonchev–Trinajstić information content (AvgIpc) is 3.06. The van der Waals surface area contributed by atoms with E-state index < -0.39 is 0 Å². The molecule has 192 valence electrons. The molecule has 1 aliphatic heterocycles. The van der Waals surface area contributed by atoms with Gasteiger partial charge in [-0.05, 0) is 92.4 Å². The Morgan fingerprint density at radius 1 is 1.18 bits per heavy atom. The fourth-order valence-electron chi connectivity index (χ4n) is 9.63. The highest BCUT2D eigenvalue weighted by Gasteiger charge is 2.65. The standard InChI is InChI=1S/C29H47NO4/c1-16-6-9-24(30-15-16)17(2)27-25(32)13-23-21-8-7-19-12-20(34-18(3)31)10-11-28(19,4)22(21)14-26(33)29(23,27)5/h7,16-17,20-27,30,32-33H,6,8-15H2,1-5H3/t16-,17+,20-,21+,22-,23+,24+,25+,26-,27-,28-,29+/m0/s1. The summed E-state index contributed by atoms with van der Waals surface area (Å²) in [5, 5.41) is 27.0. The van der Waals surface area contributed by atoms with Gasteiger partial charge in [-0.25, -0.2) is 0 Å². The van der Waals surface area contributed by atoms with E-state index >= 15 is 0 Å². The first-order valence-corrected chi connectivity index (χ1v) is 14.0. The monoisotopic (exact) mass is 473 g/mol. The van der Waals surface area contributed by atoms with Crippen LogP contribution in [0.3, 0.4) is 0 Å². The van der Waals surface area contributed by atoms with Gasteiger partial charge >= 0.3 is 5.97 Å². The molecule has 0 unspecified atom stereocenters. The number of hydrogen-bond acceptors (Lipinski definition) is 5. The maximum absolute atomic E-state index is 11.8. The van der Waals surface area contributed by atoms with Gasteiger partial charge in [-0.15, -0.1) is 0 Å². The summed E-state index contributed by atoms with van der Waals surface area (Å²) >= 11 is 0. The molecule has 34 heavy (non-hydrogen) atoms. The smallest absolute Gasteiger partial charge is 0.302 e. The Labute approximate surface area is 206 Å². The van der Waals surface area contributed by atoms with E-state index in [0.717, 1.165) is 51.0 Å². The molecule has 0 aromatic carbocycles. The molecule has 0 bridgehead atoms. The predicted molar refractivity (Wildman–Crippen MR) is 133 cm³/mol. The van der Waals surface area contributed by atoms with Crippen molar-refractivity contribution >= 4 is 5.97 Å². The van der Waals surface area contributed by atoms with Crippen LogP contribution in [0.4, 0.5) is 0 Å². The summed E-state index contributed by atoms with van der Waals surface area (Å²) < 4.78 is 5.58. The number of nitrogens with one attached hydrogen (secondary N) is 1. The number of hydrogen-bond donors (Lipinski definition) is 3. The zero-order valence-corrected chi connectivity index (χ0v) is 21.9. The summed E-state index contributed by atoms with van der Waals surface area (Å²) in [6.45, 7) is 11.9. The molecule has 0 aromatic heterocycles. The molecule has 5 aliphatic rings. The number of esters is 1. The van der Waals surface area contributed by atoms with E-state index in [-0.39, 0.29) is 41.0 Å². The summed E-state index contributed by atoms with van der Waals surface area (Å²) in [4.78, 5) is 11.5. The van der Waals surface area contributed by atoms with Crippen LogP contribution in [0.1, 0.15) is 86.0 Å². The van der Waals surface area contributed by atoms with Crippen LogP contribution in [0.15, 0.2) is 11.6 Å². The third-order valence-electron chi connectivity index (χ3n) is 11.5. The van der Waals surface area contributed by atoms with Crippen molar-refractivity contribution in [3.8, 4) is 0 Å². The van der Waals surface area contributed by atoms with Crippen LogP contribution < -0.4 is 5.32 Å². The molecule has 5 rings (SSSR count). The average molecular weight is 474 g/mol. The first kappa shape index (κ1) is 24.8. The van der Waals surface area contributed by atoms with Crippen LogP contribution >= 0.6 is 0 Å². The first-order valence-electron chi connectivity index (χ1n) is 14.0. The summed E-state index contributed by atoms with van der Waals surface area (Å²) in [5.74, 6) is 2.33. The van der Waals surface area contributed by atoms with Gasteiger partial charge < -0.3 is 20.3 Å². The Morgan fingerprint density at radius 3 is 2.62 bits per heavy atom. The lowest BCUT2D eigenvalue weighted by Crippen LogP contribution is -2.58. The van der Waals surface area contributed by atoms with Crippen molar-refractivity contribution in [2.75, 3.05) is 6.54 Å². The lowest BCUT2D eigenvalue weighted by molar-refractivity contribution is -0.153. The van der Waals surface area contributed by atoms with E-state index in [9.17, 15) is 15.0 Å². The Hall–Kier alpha value is -0.910. The number of carbonyl (C=O) groups is 1. The SMILES string of the molecule is CC(=O)O[C@H]1CC[C@@]2(C)C(=CC[C@H]3[C@H]4C[C@@H](O)[C@H]([C@H](C)[C@H]5CC[C@H](C)CN5)[C@@]4(C)[C@@H](O)C[C@@H]32)C1. The number of aliphatic hydroxyl groups excluding tert-OH is 2. The summed E-state index contributed by atoms with van der Waals surface area (Å²) in [7, 11) is 0. The highest BCUT2D eigenvalue weighted by Crippen LogP contribution is 2.67. The number of carbonyl (C=O) groups excluding carboxylic acids is 1. The Kier molecular flexibility index (Phi) is 6.47. The second-order valence-corrected chi connectivity index (χ2v) is 13.2. The first-order chi connectivity index (χ1) is 16.1. The predicted octanol–water partition coefficient (Wildman–Crippen LogP) is 4.46. The molecule has 3 N–H and O–H groups in total. The minimum absolute atomic E-state index is 0.00333. The van der Waals surface area contributed by atoms with Crippen molar-refractivity contribution in [1.82, 2.24) is 5.32 Å². The molecule has 3 saturated carbocycles. The van der Waals surface area contributed by atoms with Crippen molar-refractivity contribution in [1.29, 1.82) is 0 Å². The van der Waals surface area contributed by atoms with Gasteiger partial charge in [0.1, 0.15) is 6.10 Å². The molecular weight excluding hydrogens is 426 g/mol. The third kappa shape index (κ3) is 3.80. The maximum Gasteiger partial charge on any atom is 0.302 e. The van der Waals surface area contributed by atoms with Crippen molar-refractivity contribution < 1.29 is 19.7 Å². The van der Waals surface area contributed by atoms with E-state index in [1.54, 1.807) is 0 Å². The van der Waals surface area contributed by atoms with Gasteiger partial charge in [-0.2, -0.15) is 0 Å². The number of allylic oxidation sites excluding steroid dienone is 1. The van der Waals surface area contributed by atoms with Gasteiger partial charge in [0, 0.05) is 24.8 Å². The van der Waals surface area contributed by atoms with Crippen LogP contribution in [-0.4, -0.2) is 47.1 Å². The summed E-state index contributed by atoms with van der Waals surface area (Å²) in [6, 6.07) is 0.434. The van der Waals surface area contributed by atoms with Gasteiger partial charge in [0.2, 0.25) is 0 Å². The zero-order chi connectivity index (χ0) is 24.4. The Bertz CT molecular complexity index is 819. The molecule has 1 heterocycles. The largest absolute Gasteiger partial charge is 0.462 e. The van der Waals surface area contributed by atoms with E-state index in [0.29, 0.717) is 29.7 Å². The van der Waals surface area contributed by atoms with E-state index in [1.165, 1.54) is 25.3 Å². The van der Waals surface area contributed by atoms with Crippen LogP contribution in [0, 0.1) is 46.3 Å². The number of ether oxygens (including phenoxy) is 1. The van der Waals surface area contributed by atoms with Crippen molar-refractivity contribution in [3.05, 3.63) is 11.6 Å². The van der Waals surface area contributed by atoms with Gasteiger partial charge in [-0.3, -0.25) is 4.79 Å². The highest BCUT2D eigenvalue weighted by atomic mass is 16.5. The number of piperidine rings is 1. The number of fused-ring (bicyclic) bond motifs is 5. The lowest BCUT2D eigenvalue weighted by Gasteiger charge is -2.60. The fourth-order valence-corrected chi connectivity index (χ4v) is 9.63. The van der Waals surface area contributed by atoms with Gasteiger partial charge in [0.25, 0.3) is 0 Å². The molecule has 4 fully saturated rings. The molecule has 0 aromatic rings. The molecule has 1 saturated heterocycles. The summed E-state index contributed by atoms with van der Waals surface area (Å²) in [6.07, 6.45) is 9.58. The zero-order valence-electron chi connectivity index (χ0n) is 21.9. The molecule has 0 amide bonds. The quantitative estimate of drug-likeness (QED) is 0.417. The maximum atomic E-state index is 11.8. The van der Waals surface area contributed by atoms with Crippen molar-refractivity contribution in [2.45, 2.75) is 110 Å². The molecular formula is C29H47NO4. The lowest BCUT2D eigenvalue weighted by atomic mass is 9.46. The van der Waals surface area contributed by atoms with E-state index in [1.807, 2.05) is 0 Å². The highest BCUT2D eigenvalue weighted by molar-refractivity contribution is 5.66. The molecule has 0 spiro atoms. The molecule has 12 atom stereocenters. The van der Waals surface area contributed by atoms with Gasteiger partial charge in [-0.1, -0.05) is 39.3 Å². The Morgan fingerprint density at radius 2 is 1.94 bits per heavy atom. The fraction of sp³-hybridized carbons (Fsp3) is 0.897. The van der Waals surface area contributed by atoms with Crippen LogP contribution in [-0.2, 0) is 9.53 Å². The third-order valence-corrected chi connectivity index (χ3v) is 11.5. The Balaban J connectivity index is 1.39. The van der Waals surface area contributed by atoms with Crippen molar-refractivity contribution in [2.24, 2.45) is 46.3 Å². The van der Waals surface area contributed by atoms with E-state index in [4.69, 9.17) is 4.74 Å². The second-order valence-electron chi connectivity index (χ2n) is 13.2. The normalized spacial score (nSPS) is 51.5. The number of aliphatic hydroxyl groups is 2. The second kappa shape index (κ2) is 8.88. The van der Waals surface area contributed by atoms with Crippen LogP contribution in [0.5, 0.6) is 0 Å². The minimum Gasteiger partial charge on any atom is -0.462 e.